The van der Waals surface area contributed by atoms with Gasteiger partial charge >= 0.3 is 0 Å². The Bertz CT molecular complexity index is 774. The van der Waals surface area contributed by atoms with Crippen molar-refractivity contribution in [3.8, 4) is 11.4 Å². The fraction of sp³-hybridized carbons (Fsp3) is 0.526. The first kappa shape index (κ1) is 18.1. The van der Waals surface area contributed by atoms with Crippen molar-refractivity contribution in [1.29, 1.82) is 0 Å². The summed E-state index contributed by atoms with van der Waals surface area (Å²) in [4.78, 5) is 21.2. The van der Waals surface area contributed by atoms with Crippen molar-refractivity contribution < 1.29 is 18.4 Å². The first-order valence-electron chi connectivity index (χ1n) is 9.36. The van der Waals surface area contributed by atoms with Gasteiger partial charge in [-0.15, -0.1) is 0 Å². The summed E-state index contributed by atoms with van der Waals surface area (Å²) in [6.07, 6.45) is 1.89. The van der Waals surface area contributed by atoms with Crippen LogP contribution in [0.15, 0.2) is 28.8 Å². The van der Waals surface area contributed by atoms with E-state index in [1.165, 1.54) is 12.1 Å². The minimum atomic E-state index is -0.299. The van der Waals surface area contributed by atoms with Crippen LogP contribution in [0, 0.1) is 11.7 Å². The molecule has 0 radical (unpaired) electrons. The molecule has 1 atom stereocenters. The molecule has 144 valence electrons. The molecular formula is C19H23FN4O3. The number of piperidine rings is 1. The highest BCUT2D eigenvalue weighted by molar-refractivity contribution is 5.79. The van der Waals surface area contributed by atoms with Gasteiger partial charge in [0.15, 0.2) is 0 Å². The van der Waals surface area contributed by atoms with Crippen molar-refractivity contribution in [3.63, 3.8) is 0 Å². The van der Waals surface area contributed by atoms with Gasteiger partial charge in [-0.25, -0.2) is 4.39 Å². The van der Waals surface area contributed by atoms with E-state index >= 15 is 0 Å². The second kappa shape index (κ2) is 8.14. The minimum Gasteiger partial charge on any atom is -0.378 e. The Morgan fingerprint density at radius 3 is 2.74 bits per heavy atom. The number of aromatic nitrogens is 2. The maximum Gasteiger partial charge on any atom is 0.241 e. The molecule has 2 aliphatic heterocycles. The molecule has 27 heavy (non-hydrogen) atoms. The molecule has 0 N–H and O–H groups in total. The number of nitrogens with zero attached hydrogens (tertiary/aromatic N) is 4. The number of hydrogen-bond acceptors (Lipinski definition) is 6. The van der Waals surface area contributed by atoms with E-state index in [1.54, 1.807) is 12.1 Å². The number of halogens is 1. The van der Waals surface area contributed by atoms with Crippen molar-refractivity contribution >= 4 is 5.91 Å². The van der Waals surface area contributed by atoms with Crippen LogP contribution in [-0.2, 0) is 16.1 Å². The molecule has 0 saturated carbocycles. The number of amides is 1. The maximum absolute atomic E-state index is 13.0. The van der Waals surface area contributed by atoms with Crippen LogP contribution in [0.1, 0.15) is 18.7 Å². The van der Waals surface area contributed by atoms with Crippen molar-refractivity contribution in [2.24, 2.45) is 5.92 Å². The van der Waals surface area contributed by atoms with Gasteiger partial charge in [0, 0.05) is 25.2 Å². The van der Waals surface area contributed by atoms with E-state index in [1.807, 2.05) is 4.90 Å². The van der Waals surface area contributed by atoms with Gasteiger partial charge in [-0.2, -0.15) is 4.98 Å². The van der Waals surface area contributed by atoms with Crippen LogP contribution in [0.3, 0.4) is 0 Å². The molecule has 2 aromatic rings. The average Bonchev–Trinajstić information content (AvgIpc) is 3.17. The lowest BCUT2D eigenvalue weighted by molar-refractivity contribution is -0.141. The first-order valence-corrected chi connectivity index (χ1v) is 9.36. The van der Waals surface area contributed by atoms with Crippen LogP contribution < -0.4 is 0 Å². The Kier molecular flexibility index (Phi) is 5.45. The zero-order chi connectivity index (χ0) is 18.6. The van der Waals surface area contributed by atoms with Gasteiger partial charge in [0.25, 0.3) is 0 Å². The average molecular weight is 374 g/mol. The molecule has 1 amide bonds. The highest BCUT2D eigenvalue weighted by atomic mass is 19.1. The maximum atomic E-state index is 13.0. The Labute approximate surface area is 157 Å². The summed E-state index contributed by atoms with van der Waals surface area (Å²) in [5, 5.41) is 3.98. The molecule has 2 saturated heterocycles. The Morgan fingerprint density at radius 1 is 1.19 bits per heavy atom. The van der Waals surface area contributed by atoms with Crippen LogP contribution in [0.2, 0.25) is 0 Å². The lowest BCUT2D eigenvalue weighted by Crippen LogP contribution is -2.48. The quantitative estimate of drug-likeness (QED) is 0.815. The van der Waals surface area contributed by atoms with Gasteiger partial charge < -0.3 is 14.2 Å². The summed E-state index contributed by atoms with van der Waals surface area (Å²) in [5.74, 6) is 0.889. The third-order valence-corrected chi connectivity index (χ3v) is 5.11. The van der Waals surface area contributed by atoms with Gasteiger partial charge in [0.2, 0.25) is 17.6 Å². The first-order chi connectivity index (χ1) is 13.2. The van der Waals surface area contributed by atoms with E-state index < -0.39 is 0 Å². The summed E-state index contributed by atoms with van der Waals surface area (Å²) in [6.45, 7) is 4.72. The molecular weight excluding hydrogens is 351 g/mol. The summed E-state index contributed by atoms with van der Waals surface area (Å²) in [7, 11) is 0. The molecule has 2 aliphatic rings. The van der Waals surface area contributed by atoms with Gasteiger partial charge in [-0.05, 0) is 43.7 Å². The molecule has 0 spiro atoms. The van der Waals surface area contributed by atoms with Crippen molar-refractivity contribution in [1.82, 2.24) is 19.9 Å². The molecule has 0 bridgehead atoms. The predicted molar refractivity (Wildman–Crippen MR) is 95.1 cm³/mol. The Morgan fingerprint density at radius 2 is 1.96 bits per heavy atom. The Balaban J connectivity index is 1.36. The SMILES string of the molecule is O=C(C1CCCN(Cc2nc(-c3ccc(F)cc3)no2)C1)N1CCOCC1. The van der Waals surface area contributed by atoms with Gasteiger partial charge in [-0.3, -0.25) is 9.69 Å². The molecule has 1 aromatic carbocycles. The number of carbonyl (C=O) groups excluding carboxylic acids is 1. The minimum absolute atomic E-state index is 0.0105. The summed E-state index contributed by atoms with van der Waals surface area (Å²) in [5.41, 5.74) is 0.713. The van der Waals surface area contributed by atoms with Crippen molar-refractivity contribution in [2.75, 3.05) is 39.4 Å². The van der Waals surface area contributed by atoms with Gasteiger partial charge in [0.1, 0.15) is 5.82 Å². The topological polar surface area (TPSA) is 71.7 Å². The standard InChI is InChI=1S/C19H23FN4O3/c20-16-5-3-14(4-6-16)18-21-17(27-22-18)13-23-7-1-2-15(12-23)19(25)24-8-10-26-11-9-24/h3-6,15H,1-2,7-13H2. The predicted octanol–water partition coefficient (Wildman–Crippen LogP) is 1.95. The van der Waals surface area contributed by atoms with Gasteiger partial charge in [-0.1, -0.05) is 5.16 Å². The van der Waals surface area contributed by atoms with E-state index in [2.05, 4.69) is 15.0 Å². The van der Waals surface area contributed by atoms with Crippen molar-refractivity contribution in [3.05, 3.63) is 36.0 Å². The lowest BCUT2D eigenvalue weighted by Gasteiger charge is -2.35. The summed E-state index contributed by atoms with van der Waals surface area (Å²) < 4.78 is 23.7. The molecule has 8 heteroatoms. The normalized spacial score (nSPS) is 21.4. The lowest BCUT2D eigenvalue weighted by atomic mass is 9.96. The highest BCUT2D eigenvalue weighted by Gasteiger charge is 2.30. The van der Waals surface area contributed by atoms with Crippen LogP contribution in [0.5, 0.6) is 0 Å². The molecule has 4 rings (SSSR count). The zero-order valence-corrected chi connectivity index (χ0v) is 15.1. The van der Waals surface area contributed by atoms with E-state index in [0.29, 0.717) is 56.7 Å². The number of carbonyl (C=O) groups is 1. The smallest absolute Gasteiger partial charge is 0.241 e. The van der Waals surface area contributed by atoms with E-state index in [0.717, 1.165) is 19.4 Å². The van der Waals surface area contributed by atoms with E-state index in [4.69, 9.17) is 9.26 Å². The van der Waals surface area contributed by atoms with Crippen LogP contribution in [0.4, 0.5) is 4.39 Å². The number of benzene rings is 1. The third-order valence-electron chi connectivity index (χ3n) is 5.11. The second-order valence-corrected chi connectivity index (χ2v) is 7.03. The fourth-order valence-corrected chi connectivity index (χ4v) is 3.67. The molecule has 0 aliphatic carbocycles. The highest BCUT2D eigenvalue weighted by Crippen LogP contribution is 2.22. The molecule has 3 heterocycles. The molecule has 2 fully saturated rings. The van der Waals surface area contributed by atoms with Crippen LogP contribution >= 0.6 is 0 Å². The zero-order valence-electron chi connectivity index (χ0n) is 15.1. The number of likely N-dealkylation sites (tertiary alicyclic amines) is 1. The van der Waals surface area contributed by atoms with Crippen molar-refractivity contribution in [2.45, 2.75) is 19.4 Å². The molecule has 1 unspecified atom stereocenters. The summed E-state index contributed by atoms with van der Waals surface area (Å²) in [6, 6.07) is 6.00. The number of hydrogen-bond donors (Lipinski definition) is 0. The Hall–Kier alpha value is -2.32. The third kappa shape index (κ3) is 4.33. The number of ether oxygens (including phenoxy) is 1. The molecule has 1 aromatic heterocycles. The monoisotopic (exact) mass is 374 g/mol. The van der Waals surface area contributed by atoms with Crippen LogP contribution in [0.25, 0.3) is 11.4 Å². The van der Waals surface area contributed by atoms with E-state index in [9.17, 15) is 9.18 Å². The number of morpholine rings is 1. The number of rotatable bonds is 4. The second-order valence-electron chi connectivity index (χ2n) is 7.03. The largest absolute Gasteiger partial charge is 0.378 e. The fourth-order valence-electron chi connectivity index (χ4n) is 3.67. The van der Waals surface area contributed by atoms with Crippen LogP contribution in [-0.4, -0.2) is 65.2 Å². The molecule has 7 nitrogen and oxygen atoms in total. The van der Waals surface area contributed by atoms with E-state index in [-0.39, 0.29) is 17.6 Å². The summed E-state index contributed by atoms with van der Waals surface area (Å²) >= 11 is 0. The van der Waals surface area contributed by atoms with Gasteiger partial charge in [0.05, 0.1) is 25.7 Å².